The first-order valence-corrected chi connectivity index (χ1v) is 5.08. The van der Waals surface area contributed by atoms with E-state index in [-0.39, 0.29) is 23.9 Å². The van der Waals surface area contributed by atoms with Gasteiger partial charge >= 0.3 is 0 Å². The van der Waals surface area contributed by atoms with Crippen molar-refractivity contribution in [2.45, 2.75) is 52.6 Å². The molecule has 0 rings (SSSR count). The molecule has 78 valence electrons. The van der Waals surface area contributed by atoms with Gasteiger partial charge in [0.15, 0.2) is 0 Å². The van der Waals surface area contributed by atoms with Gasteiger partial charge in [0.25, 0.3) is 0 Å². The zero-order valence-corrected chi connectivity index (χ0v) is 9.13. The van der Waals surface area contributed by atoms with Gasteiger partial charge in [-0.2, -0.15) is 0 Å². The maximum Gasteiger partial charge on any atom is 0.237 e. The molecule has 0 spiro atoms. The monoisotopic (exact) mass is 186 g/mol. The van der Waals surface area contributed by atoms with E-state index in [9.17, 15) is 4.79 Å². The van der Waals surface area contributed by atoms with Crippen molar-refractivity contribution in [1.82, 2.24) is 5.32 Å². The van der Waals surface area contributed by atoms with Crippen molar-refractivity contribution >= 4 is 5.91 Å². The van der Waals surface area contributed by atoms with Crippen LogP contribution in [0.5, 0.6) is 0 Å². The fourth-order valence-corrected chi connectivity index (χ4v) is 0.953. The Hall–Kier alpha value is -0.570. The molecule has 0 aromatic carbocycles. The SMILES string of the molecule is CCC(C)NC(=O)C(N)C(C)CC. The summed E-state index contributed by atoms with van der Waals surface area (Å²) in [6.07, 6.45) is 1.88. The lowest BCUT2D eigenvalue weighted by Gasteiger charge is -2.20. The van der Waals surface area contributed by atoms with E-state index in [2.05, 4.69) is 5.32 Å². The van der Waals surface area contributed by atoms with Crippen LogP contribution < -0.4 is 11.1 Å². The van der Waals surface area contributed by atoms with E-state index in [4.69, 9.17) is 5.73 Å². The first kappa shape index (κ1) is 12.4. The van der Waals surface area contributed by atoms with Gasteiger partial charge in [-0.25, -0.2) is 0 Å². The van der Waals surface area contributed by atoms with Crippen LogP contribution in [0.15, 0.2) is 0 Å². The summed E-state index contributed by atoms with van der Waals surface area (Å²) in [6.45, 7) is 8.07. The molecular formula is C10H22N2O. The van der Waals surface area contributed by atoms with Crippen LogP contribution in [0.25, 0.3) is 0 Å². The van der Waals surface area contributed by atoms with Crippen LogP contribution in [0.1, 0.15) is 40.5 Å². The van der Waals surface area contributed by atoms with Crippen molar-refractivity contribution in [3.05, 3.63) is 0 Å². The Morgan fingerprint density at radius 3 is 2.23 bits per heavy atom. The molecule has 3 nitrogen and oxygen atoms in total. The lowest BCUT2D eigenvalue weighted by molar-refractivity contribution is -0.124. The van der Waals surface area contributed by atoms with Gasteiger partial charge in [-0.1, -0.05) is 27.2 Å². The molecule has 0 aliphatic carbocycles. The predicted molar refractivity (Wildman–Crippen MR) is 55.3 cm³/mol. The molecule has 3 heteroatoms. The Labute approximate surface area is 81.1 Å². The number of nitrogens with two attached hydrogens (primary N) is 1. The second kappa shape index (κ2) is 5.97. The number of carbonyl (C=O) groups is 1. The Kier molecular flexibility index (Phi) is 5.71. The summed E-state index contributed by atoms with van der Waals surface area (Å²) in [5, 5.41) is 2.88. The lowest BCUT2D eigenvalue weighted by Crippen LogP contribution is -2.47. The average molecular weight is 186 g/mol. The van der Waals surface area contributed by atoms with Crippen LogP contribution in [0.2, 0.25) is 0 Å². The van der Waals surface area contributed by atoms with E-state index in [0.717, 1.165) is 12.8 Å². The highest BCUT2D eigenvalue weighted by Crippen LogP contribution is 2.05. The van der Waals surface area contributed by atoms with Crippen LogP contribution in [0.3, 0.4) is 0 Å². The van der Waals surface area contributed by atoms with E-state index >= 15 is 0 Å². The molecule has 0 aromatic rings. The fourth-order valence-electron chi connectivity index (χ4n) is 0.953. The maximum atomic E-state index is 11.5. The van der Waals surface area contributed by atoms with E-state index in [0.29, 0.717) is 0 Å². The zero-order chi connectivity index (χ0) is 10.4. The molecule has 0 fully saturated rings. The van der Waals surface area contributed by atoms with Gasteiger partial charge in [-0.15, -0.1) is 0 Å². The molecule has 0 saturated heterocycles. The summed E-state index contributed by atoms with van der Waals surface area (Å²) in [5.74, 6) is 0.229. The normalized spacial score (nSPS) is 17.6. The second-order valence-corrected chi connectivity index (χ2v) is 3.73. The molecule has 3 unspecified atom stereocenters. The summed E-state index contributed by atoms with van der Waals surface area (Å²) < 4.78 is 0. The highest BCUT2D eigenvalue weighted by Gasteiger charge is 2.19. The van der Waals surface area contributed by atoms with E-state index in [1.54, 1.807) is 0 Å². The smallest absolute Gasteiger partial charge is 0.237 e. The summed E-state index contributed by atoms with van der Waals surface area (Å²) in [6, 6.07) is -0.137. The van der Waals surface area contributed by atoms with Gasteiger partial charge in [0.05, 0.1) is 6.04 Å². The van der Waals surface area contributed by atoms with E-state index in [1.807, 2.05) is 27.7 Å². The molecule has 0 saturated carbocycles. The minimum absolute atomic E-state index is 0.0244. The molecule has 1 amide bonds. The van der Waals surface area contributed by atoms with Gasteiger partial charge in [0.2, 0.25) is 5.91 Å². The summed E-state index contributed by atoms with van der Waals surface area (Å²) >= 11 is 0. The molecule has 3 N–H and O–H groups in total. The number of hydrogen-bond acceptors (Lipinski definition) is 2. The fraction of sp³-hybridized carbons (Fsp3) is 0.900. The number of carbonyl (C=O) groups excluding carboxylic acids is 1. The highest BCUT2D eigenvalue weighted by molar-refractivity contribution is 5.81. The maximum absolute atomic E-state index is 11.5. The quantitative estimate of drug-likeness (QED) is 0.679. The third kappa shape index (κ3) is 4.27. The molecular weight excluding hydrogens is 164 g/mol. The third-order valence-corrected chi connectivity index (χ3v) is 2.56. The van der Waals surface area contributed by atoms with Crippen LogP contribution in [-0.4, -0.2) is 18.0 Å². The van der Waals surface area contributed by atoms with Crippen molar-refractivity contribution in [2.75, 3.05) is 0 Å². The molecule has 0 heterocycles. The van der Waals surface area contributed by atoms with Gasteiger partial charge in [-0.05, 0) is 19.3 Å². The third-order valence-electron chi connectivity index (χ3n) is 2.56. The number of amides is 1. The van der Waals surface area contributed by atoms with Gasteiger partial charge in [0, 0.05) is 6.04 Å². The van der Waals surface area contributed by atoms with Crippen molar-refractivity contribution in [1.29, 1.82) is 0 Å². The van der Waals surface area contributed by atoms with Crippen LogP contribution >= 0.6 is 0 Å². The van der Waals surface area contributed by atoms with Crippen molar-refractivity contribution in [2.24, 2.45) is 11.7 Å². The van der Waals surface area contributed by atoms with E-state index in [1.165, 1.54) is 0 Å². The van der Waals surface area contributed by atoms with Crippen LogP contribution in [0.4, 0.5) is 0 Å². The topological polar surface area (TPSA) is 55.1 Å². The molecule has 0 aromatic heterocycles. The summed E-state index contributed by atoms with van der Waals surface area (Å²) in [7, 11) is 0. The number of hydrogen-bond donors (Lipinski definition) is 2. The van der Waals surface area contributed by atoms with Crippen molar-refractivity contribution in [3.63, 3.8) is 0 Å². The molecule has 3 atom stereocenters. The first-order valence-electron chi connectivity index (χ1n) is 5.08. The van der Waals surface area contributed by atoms with Crippen molar-refractivity contribution < 1.29 is 4.79 Å². The molecule has 0 bridgehead atoms. The lowest BCUT2D eigenvalue weighted by atomic mass is 9.99. The first-order chi connectivity index (χ1) is 6.02. The van der Waals surface area contributed by atoms with Gasteiger partial charge in [0.1, 0.15) is 0 Å². The molecule has 0 radical (unpaired) electrons. The van der Waals surface area contributed by atoms with Crippen molar-refractivity contribution in [3.8, 4) is 0 Å². The predicted octanol–water partition coefficient (Wildman–Crippen LogP) is 1.27. The van der Waals surface area contributed by atoms with Crippen LogP contribution in [-0.2, 0) is 4.79 Å². The average Bonchev–Trinajstić information content (AvgIpc) is 2.14. The number of rotatable bonds is 5. The van der Waals surface area contributed by atoms with Crippen LogP contribution in [0, 0.1) is 5.92 Å². The Morgan fingerprint density at radius 2 is 1.85 bits per heavy atom. The Bertz CT molecular complexity index is 159. The highest BCUT2D eigenvalue weighted by atomic mass is 16.2. The zero-order valence-electron chi connectivity index (χ0n) is 9.13. The number of nitrogens with one attached hydrogen (secondary N) is 1. The second-order valence-electron chi connectivity index (χ2n) is 3.73. The largest absolute Gasteiger partial charge is 0.352 e. The molecule has 0 aliphatic rings. The van der Waals surface area contributed by atoms with Gasteiger partial charge in [-0.3, -0.25) is 4.79 Å². The Balaban J connectivity index is 3.96. The Morgan fingerprint density at radius 1 is 1.31 bits per heavy atom. The summed E-state index contributed by atoms with van der Waals surface area (Å²) in [5.41, 5.74) is 5.76. The molecule has 13 heavy (non-hydrogen) atoms. The minimum atomic E-state index is -0.362. The summed E-state index contributed by atoms with van der Waals surface area (Å²) in [4.78, 5) is 11.5. The standard InChI is InChI=1S/C10H22N2O/c1-5-7(3)9(11)10(13)12-8(4)6-2/h7-9H,5-6,11H2,1-4H3,(H,12,13). The minimum Gasteiger partial charge on any atom is -0.352 e. The van der Waals surface area contributed by atoms with Gasteiger partial charge < -0.3 is 11.1 Å². The molecule has 0 aliphatic heterocycles. The van der Waals surface area contributed by atoms with E-state index < -0.39 is 0 Å².